The zero-order chi connectivity index (χ0) is 21.8. The van der Waals surface area contributed by atoms with Crippen LogP contribution in [0.5, 0.6) is 11.5 Å². The number of rotatable bonds is 7. The van der Waals surface area contributed by atoms with E-state index in [4.69, 9.17) is 16.3 Å². The topological polar surface area (TPSA) is 84.9 Å². The summed E-state index contributed by atoms with van der Waals surface area (Å²) in [6.45, 7) is -0.615. The fourth-order valence-electron chi connectivity index (χ4n) is 2.31. The zero-order valence-corrected chi connectivity index (χ0v) is 16.7. The van der Waals surface area contributed by atoms with Crippen molar-refractivity contribution in [3.8, 4) is 11.5 Å². The van der Waals surface area contributed by atoms with Crippen molar-refractivity contribution in [2.24, 2.45) is 0 Å². The lowest BCUT2D eigenvalue weighted by Gasteiger charge is -2.24. The first kappa shape index (κ1) is 22.6. The fourth-order valence-corrected chi connectivity index (χ4v) is 3.33. The molecule has 0 fully saturated rings. The van der Waals surface area contributed by atoms with Crippen molar-refractivity contribution in [2.45, 2.75) is 6.36 Å². The third-order valence-electron chi connectivity index (χ3n) is 3.47. The Labute approximate surface area is 170 Å². The van der Waals surface area contributed by atoms with Crippen LogP contribution in [-0.2, 0) is 14.8 Å². The van der Waals surface area contributed by atoms with Gasteiger partial charge in [0.25, 0.3) is 0 Å². The standard InChI is InChI=1S/C17H16ClF3N2O5S/c1-27-15-8-3-11(18)9-14(15)23(29(2,25)26)10-16(24)22-12-4-6-13(7-5-12)28-17(19,20)21/h3-9H,10H2,1-2H3,(H,22,24). The van der Waals surface area contributed by atoms with Gasteiger partial charge < -0.3 is 14.8 Å². The number of hydrogen-bond acceptors (Lipinski definition) is 5. The number of methoxy groups -OCH3 is 1. The smallest absolute Gasteiger partial charge is 0.495 e. The summed E-state index contributed by atoms with van der Waals surface area (Å²) in [6, 6.07) is 8.67. The van der Waals surface area contributed by atoms with Crippen LogP contribution >= 0.6 is 11.6 Å². The van der Waals surface area contributed by atoms with Crippen molar-refractivity contribution >= 4 is 38.9 Å². The van der Waals surface area contributed by atoms with E-state index >= 15 is 0 Å². The number of sulfonamides is 1. The molecule has 1 N–H and O–H groups in total. The van der Waals surface area contributed by atoms with Crippen molar-refractivity contribution in [3.05, 3.63) is 47.5 Å². The van der Waals surface area contributed by atoms with Gasteiger partial charge in [0, 0.05) is 10.7 Å². The van der Waals surface area contributed by atoms with Crippen molar-refractivity contribution in [2.75, 3.05) is 29.5 Å². The van der Waals surface area contributed by atoms with E-state index in [1.807, 2.05) is 0 Å². The van der Waals surface area contributed by atoms with Crippen molar-refractivity contribution in [1.82, 2.24) is 0 Å². The highest BCUT2D eigenvalue weighted by atomic mass is 35.5. The van der Waals surface area contributed by atoms with Crippen LogP contribution in [-0.4, -0.2) is 40.6 Å². The Kier molecular flexibility index (Phi) is 6.85. The van der Waals surface area contributed by atoms with Gasteiger partial charge in [0.1, 0.15) is 18.0 Å². The minimum absolute atomic E-state index is 0.0616. The summed E-state index contributed by atoms with van der Waals surface area (Å²) in [4.78, 5) is 12.3. The average Bonchev–Trinajstić information content (AvgIpc) is 2.59. The fraction of sp³-hybridized carbons (Fsp3) is 0.235. The maximum atomic E-state index is 12.3. The number of alkyl halides is 3. The first-order valence-electron chi connectivity index (χ1n) is 7.86. The number of nitrogens with zero attached hydrogens (tertiary/aromatic N) is 1. The van der Waals surface area contributed by atoms with Crippen LogP contribution in [0.2, 0.25) is 5.02 Å². The van der Waals surface area contributed by atoms with Gasteiger partial charge in [-0.25, -0.2) is 8.42 Å². The summed E-state index contributed by atoms with van der Waals surface area (Å²) < 4.78 is 70.6. The quantitative estimate of drug-likeness (QED) is 0.693. The summed E-state index contributed by atoms with van der Waals surface area (Å²) in [5.74, 6) is -1.01. The van der Waals surface area contributed by atoms with Crippen LogP contribution in [0.3, 0.4) is 0 Å². The van der Waals surface area contributed by atoms with Crippen LogP contribution in [0.15, 0.2) is 42.5 Å². The second kappa shape index (κ2) is 8.78. The van der Waals surface area contributed by atoms with Gasteiger partial charge in [-0.15, -0.1) is 13.2 Å². The molecule has 0 aliphatic carbocycles. The number of anilines is 2. The predicted molar refractivity (Wildman–Crippen MR) is 102 cm³/mol. The third-order valence-corrected chi connectivity index (χ3v) is 4.83. The summed E-state index contributed by atoms with van der Waals surface area (Å²) in [5.41, 5.74) is 0.211. The summed E-state index contributed by atoms with van der Waals surface area (Å²) in [5, 5.41) is 2.63. The van der Waals surface area contributed by atoms with Crippen LogP contribution < -0.4 is 19.1 Å². The number of ether oxygens (including phenoxy) is 2. The molecule has 2 aromatic rings. The Bertz CT molecular complexity index is 982. The number of benzene rings is 2. The van der Waals surface area contributed by atoms with E-state index in [0.717, 1.165) is 22.7 Å². The Hall–Kier alpha value is -2.66. The number of carbonyl (C=O) groups excluding carboxylic acids is 1. The summed E-state index contributed by atoms with van der Waals surface area (Å²) in [7, 11) is -2.56. The second-order valence-electron chi connectivity index (χ2n) is 5.71. The normalized spacial score (nSPS) is 11.7. The van der Waals surface area contributed by atoms with Crippen LogP contribution in [0.4, 0.5) is 24.5 Å². The third kappa shape index (κ3) is 6.71. The molecule has 158 valence electrons. The number of carbonyl (C=O) groups is 1. The minimum Gasteiger partial charge on any atom is -0.495 e. The van der Waals surface area contributed by atoms with Gasteiger partial charge in [0.2, 0.25) is 15.9 Å². The molecule has 0 radical (unpaired) electrons. The molecule has 12 heteroatoms. The molecule has 0 spiro atoms. The highest BCUT2D eigenvalue weighted by Crippen LogP contribution is 2.32. The monoisotopic (exact) mass is 452 g/mol. The first-order valence-corrected chi connectivity index (χ1v) is 10.1. The number of hydrogen-bond donors (Lipinski definition) is 1. The van der Waals surface area contributed by atoms with Gasteiger partial charge in [0.05, 0.1) is 19.1 Å². The molecule has 2 aromatic carbocycles. The van der Waals surface area contributed by atoms with Crippen molar-refractivity contribution in [3.63, 3.8) is 0 Å². The van der Waals surface area contributed by atoms with Crippen molar-refractivity contribution in [1.29, 1.82) is 0 Å². The molecule has 0 atom stereocenters. The lowest BCUT2D eigenvalue weighted by Crippen LogP contribution is -2.37. The molecule has 0 saturated carbocycles. The highest BCUT2D eigenvalue weighted by Gasteiger charge is 2.31. The van der Waals surface area contributed by atoms with Gasteiger partial charge in [0.15, 0.2) is 0 Å². The Balaban J connectivity index is 2.19. The van der Waals surface area contributed by atoms with E-state index < -0.39 is 34.6 Å². The highest BCUT2D eigenvalue weighted by molar-refractivity contribution is 7.92. The molecule has 2 rings (SSSR count). The lowest BCUT2D eigenvalue weighted by atomic mass is 10.3. The molecule has 0 saturated heterocycles. The molecule has 0 unspecified atom stereocenters. The van der Waals surface area contributed by atoms with E-state index in [-0.39, 0.29) is 22.1 Å². The van der Waals surface area contributed by atoms with E-state index in [1.54, 1.807) is 0 Å². The van der Waals surface area contributed by atoms with E-state index in [1.165, 1.54) is 37.4 Å². The van der Waals surface area contributed by atoms with Crippen LogP contribution in [0.25, 0.3) is 0 Å². The first-order chi connectivity index (χ1) is 13.4. The Morgan fingerprint density at radius 3 is 2.31 bits per heavy atom. The average molecular weight is 453 g/mol. The number of amides is 1. The van der Waals surface area contributed by atoms with Crippen LogP contribution in [0.1, 0.15) is 0 Å². The molecule has 0 aliphatic rings. The summed E-state index contributed by atoms with van der Waals surface area (Å²) >= 11 is 5.93. The lowest BCUT2D eigenvalue weighted by molar-refractivity contribution is -0.274. The molecule has 0 aromatic heterocycles. The molecule has 7 nitrogen and oxygen atoms in total. The van der Waals surface area contributed by atoms with Gasteiger partial charge in [-0.05, 0) is 42.5 Å². The van der Waals surface area contributed by atoms with Gasteiger partial charge in [-0.1, -0.05) is 11.6 Å². The minimum atomic E-state index is -4.84. The van der Waals surface area contributed by atoms with Gasteiger partial charge >= 0.3 is 6.36 Å². The molecule has 0 heterocycles. The maximum absolute atomic E-state index is 12.3. The predicted octanol–water partition coefficient (Wildman–Crippen LogP) is 3.65. The second-order valence-corrected chi connectivity index (χ2v) is 8.05. The number of nitrogens with one attached hydrogen (secondary N) is 1. The Morgan fingerprint density at radius 2 is 1.79 bits per heavy atom. The summed E-state index contributed by atoms with van der Waals surface area (Å²) in [6.07, 6.45) is -3.93. The number of halogens is 4. The Morgan fingerprint density at radius 1 is 1.17 bits per heavy atom. The van der Waals surface area contributed by atoms with E-state index in [9.17, 15) is 26.4 Å². The molecular weight excluding hydrogens is 437 g/mol. The molecule has 0 aliphatic heterocycles. The van der Waals surface area contributed by atoms with Gasteiger partial charge in [-0.2, -0.15) is 0 Å². The van der Waals surface area contributed by atoms with E-state index in [2.05, 4.69) is 10.1 Å². The SMILES string of the molecule is COc1ccc(Cl)cc1N(CC(=O)Nc1ccc(OC(F)(F)F)cc1)S(C)(=O)=O. The largest absolute Gasteiger partial charge is 0.573 e. The van der Waals surface area contributed by atoms with Crippen molar-refractivity contribution < 1.29 is 35.9 Å². The molecule has 1 amide bonds. The molecule has 0 bridgehead atoms. The van der Waals surface area contributed by atoms with E-state index in [0.29, 0.717) is 0 Å². The zero-order valence-electron chi connectivity index (χ0n) is 15.2. The molecule has 29 heavy (non-hydrogen) atoms. The van der Waals surface area contributed by atoms with Crippen LogP contribution in [0, 0.1) is 0 Å². The maximum Gasteiger partial charge on any atom is 0.573 e. The van der Waals surface area contributed by atoms with Gasteiger partial charge in [-0.3, -0.25) is 9.10 Å². The molecular formula is C17H16ClF3N2O5S.